The molecule has 3 heteroatoms. The van der Waals surface area contributed by atoms with Gasteiger partial charge < -0.3 is 9.73 Å². The second kappa shape index (κ2) is 3.59. The highest BCUT2D eigenvalue weighted by atomic mass is 19.1. The fourth-order valence-corrected chi connectivity index (χ4v) is 1.99. The van der Waals surface area contributed by atoms with Gasteiger partial charge in [-0.05, 0) is 36.6 Å². The van der Waals surface area contributed by atoms with Gasteiger partial charge in [0.05, 0.1) is 6.54 Å². The third kappa shape index (κ3) is 1.83. The molecular formula is C13H14FNO. The molecule has 0 radical (unpaired) electrons. The van der Waals surface area contributed by atoms with Crippen molar-refractivity contribution in [3.05, 3.63) is 35.8 Å². The minimum Gasteiger partial charge on any atom is -0.460 e. The lowest BCUT2D eigenvalue weighted by molar-refractivity contribution is 0.507. The molecule has 84 valence electrons. The van der Waals surface area contributed by atoms with Crippen LogP contribution in [-0.2, 0) is 6.54 Å². The lowest BCUT2D eigenvalue weighted by atomic mass is 10.2. The molecule has 1 aliphatic carbocycles. The van der Waals surface area contributed by atoms with E-state index in [4.69, 9.17) is 4.42 Å². The molecule has 0 bridgehead atoms. The van der Waals surface area contributed by atoms with Crippen LogP contribution in [0.4, 0.5) is 4.39 Å². The van der Waals surface area contributed by atoms with E-state index in [0.717, 1.165) is 29.2 Å². The molecule has 2 aromatic rings. The van der Waals surface area contributed by atoms with Crippen LogP contribution in [0.2, 0.25) is 0 Å². The first-order valence-corrected chi connectivity index (χ1v) is 5.64. The molecule has 1 heterocycles. The van der Waals surface area contributed by atoms with E-state index in [-0.39, 0.29) is 5.82 Å². The van der Waals surface area contributed by atoms with Gasteiger partial charge in [-0.25, -0.2) is 4.39 Å². The number of furan rings is 1. The Hall–Kier alpha value is -1.35. The van der Waals surface area contributed by atoms with Gasteiger partial charge in [0.15, 0.2) is 0 Å². The first kappa shape index (κ1) is 9.85. The Balaban J connectivity index is 1.77. The van der Waals surface area contributed by atoms with E-state index >= 15 is 0 Å². The second-order valence-electron chi connectivity index (χ2n) is 4.60. The molecule has 0 amide bonds. The average molecular weight is 219 g/mol. The number of halogens is 1. The van der Waals surface area contributed by atoms with Gasteiger partial charge in [0, 0.05) is 11.4 Å². The van der Waals surface area contributed by atoms with Crippen molar-refractivity contribution in [3.8, 4) is 0 Å². The van der Waals surface area contributed by atoms with E-state index < -0.39 is 0 Å². The molecule has 0 spiro atoms. The Morgan fingerprint density at radius 1 is 1.44 bits per heavy atom. The van der Waals surface area contributed by atoms with Crippen LogP contribution in [0.1, 0.15) is 19.1 Å². The normalized spacial score (nSPS) is 23.9. The number of hydrogen-bond donors (Lipinski definition) is 1. The van der Waals surface area contributed by atoms with Gasteiger partial charge in [0.1, 0.15) is 17.2 Å². The van der Waals surface area contributed by atoms with Gasteiger partial charge in [-0.2, -0.15) is 0 Å². The molecule has 0 aliphatic heterocycles. The molecule has 2 atom stereocenters. The van der Waals surface area contributed by atoms with E-state index in [1.165, 1.54) is 18.6 Å². The number of nitrogens with one attached hydrogen (secondary N) is 1. The first-order valence-electron chi connectivity index (χ1n) is 5.64. The fourth-order valence-electron chi connectivity index (χ4n) is 1.99. The number of rotatable bonds is 3. The summed E-state index contributed by atoms with van der Waals surface area (Å²) in [7, 11) is 0. The summed E-state index contributed by atoms with van der Waals surface area (Å²) < 4.78 is 18.6. The van der Waals surface area contributed by atoms with E-state index in [2.05, 4.69) is 12.2 Å². The third-order valence-electron chi connectivity index (χ3n) is 3.18. The molecule has 0 saturated heterocycles. The lowest BCUT2D eigenvalue weighted by Gasteiger charge is -1.98. The van der Waals surface area contributed by atoms with Gasteiger partial charge in [-0.1, -0.05) is 6.92 Å². The predicted molar refractivity (Wildman–Crippen MR) is 60.6 cm³/mol. The average Bonchev–Trinajstić information content (AvgIpc) is 2.81. The molecule has 1 aliphatic rings. The summed E-state index contributed by atoms with van der Waals surface area (Å²) in [5.41, 5.74) is 0.752. The molecule has 2 nitrogen and oxygen atoms in total. The number of benzene rings is 1. The zero-order valence-corrected chi connectivity index (χ0v) is 9.16. The highest BCUT2D eigenvalue weighted by molar-refractivity contribution is 5.77. The van der Waals surface area contributed by atoms with Crippen molar-refractivity contribution in [3.63, 3.8) is 0 Å². The number of fused-ring (bicyclic) bond motifs is 1. The van der Waals surface area contributed by atoms with Crippen molar-refractivity contribution >= 4 is 11.0 Å². The molecule has 1 aromatic heterocycles. The summed E-state index contributed by atoms with van der Waals surface area (Å²) in [5.74, 6) is 1.44. The van der Waals surface area contributed by atoms with Gasteiger partial charge in [0.25, 0.3) is 0 Å². The van der Waals surface area contributed by atoms with Gasteiger partial charge in [-0.15, -0.1) is 0 Å². The Morgan fingerprint density at radius 2 is 2.25 bits per heavy atom. The maximum atomic E-state index is 13.0. The zero-order valence-electron chi connectivity index (χ0n) is 9.16. The van der Waals surface area contributed by atoms with E-state index in [9.17, 15) is 4.39 Å². The Kier molecular flexibility index (Phi) is 2.21. The van der Waals surface area contributed by atoms with Crippen LogP contribution >= 0.6 is 0 Å². The van der Waals surface area contributed by atoms with Crippen molar-refractivity contribution in [2.75, 3.05) is 0 Å². The van der Waals surface area contributed by atoms with Crippen LogP contribution < -0.4 is 5.32 Å². The Bertz CT molecular complexity index is 520. The summed E-state index contributed by atoms with van der Waals surface area (Å²) in [6, 6.07) is 7.13. The maximum Gasteiger partial charge on any atom is 0.134 e. The molecule has 1 fully saturated rings. The summed E-state index contributed by atoms with van der Waals surface area (Å²) in [6.07, 6.45) is 1.24. The molecular weight excluding hydrogens is 205 g/mol. The first-order chi connectivity index (χ1) is 7.72. The highest BCUT2D eigenvalue weighted by Gasteiger charge is 2.31. The topological polar surface area (TPSA) is 25.2 Å². The Labute approximate surface area is 93.4 Å². The molecule has 2 unspecified atom stereocenters. The summed E-state index contributed by atoms with van der Waals surface area (Å²) in [4.78, 5) is 0. The smallest absolute Gasteiger partial charge is 0.134 e. The fraction of sp³-hybridized carbons (Fsp3) is 0.385. The van der Waals surface area contributed by atoms with E-state index in [1.807, 2.05) is 6.07 Å². The maximum absolute atomic E-state index is 13.0. The molecule has 3 rings (SSSR count). The van der Waals surface area contributed by atoms with Crippen LogP contribution in [-0.4, -0.2) is 6.04 Å². The summed E-state index contributed by atoms with van der Waals surface area (Å²) in [5, 5.41) is 4.24. The Morgan fingerprint density at radius 3 is 3.00 bits per heavy atom. The minimum absolute atomic E-state index is 0.219. The summed E-state index contributed by atoms with van der Waals surface area (Å²) >= 11 is 0. The standard InChI is InChI=1S/C13H14FNO/c1-8-4-12(8)15-7-11-6-9-5-10(14)2-3-13(9)16-11/h2-3,5-6,8,12,15H,4,7H2,1H3. The third-order valence-corrected chi connectivity index (χ3v) is 3.18. The van der Waals surface area contributed by atoms with Crippen molar-refractivity contribution in [2.24, 2.45) is 5.92 Å². The predicted octanol–water partition coefficient (Wildman–Crippen LogP) is 3.07. The SMILES string of the molecule is CC1CC1NCc1cc2cc(F)ccc2o1. The van der Waals surface area contributed by atoms with Crippen LogP contribution in [0, 0.1) is 11.7 Å². The van der Waals surface area contributed by atoms with Crippen molar-refractivity contribution in [1.82, 2.24) is 5.32 Å². The zero-order chi connectivity index (χ0) is 11.1. The highest BCUT2D eigenvalue weighted by Crippen LogP contribution is 2.29. The van der Waals surface area contributed by atoms with Crippen LogP contribution in [0.3, 0.4) is 0 Å². The van der Waals surface area contributed by atoms with Gasteiger partial charge in [0.2, 0.25) is 0 Å². The van der Waals surface area contributed by atoms with Gasteiger partial charge in [-0.3, -0.25) is 0 Å². The lowest BCUT2D eigenvalue weighted by Crippen LogP contribution is -2.16. The summed E-state index contributed by atoms with van der Waals surface area (Å²) in [6.45, 7) is 2.96. The molecule has 1 saturated carbocycles. The van der Waals surface area contributed by atoms with Gasteiger partial charge >= 0.3 is 0 Å². The molecule has 16 heavy (non-hydrogen) atoms. The van der Waals surface area contributed by atoms with E-state index in [1.54, 1.807) is 6.07 Å². The van der Waals surface area contributed by atoms with Crippen molar-refractivity contribution in [2.45, 2.75) is 25.9 Å². The number of hydrogen-bond acceptors (Lipinski definition) is 2. The van der Waals surface area contributed by atoms with Crippen molar-refractivity contribution in [1.29, 1.82) is 0 Å². The second-order valence-corrected chi connectivity index (χ2v) is 4.60. The van der Waals surface area contributed by atoms with Crippen LogP contribution in [0.25, 0.3) is 11.0 Å². The van der Waals surface area contributed by atoms with Crippen LogP contribution in [0.15, 0.2) is 28.7 Å². The van der Waals surface area contributed by atoms with E-state index in [0.29, 0.717) is 6.04 Å². The molecule has 1 aromatic carbocycles. The largest absolute Gasteiger partial charge is 0.460 e. The van der Waals surface area contributed by atoms with Crippen LogP contribution in [0.5, 0.6) is 0 Å². The minimum atomic E-state index is -0.219. The molecule has 1 N–H and O–H groups in total. The van der Waals surface area contributed by atoms with Crippen molar-refractivity contribution < 1.29 is 8.81 Å². The monoisotopic (exact) mass is 219 g/mol. The quantitative estimate of drug-likeness (QED) is 0.858.